The summed E-state index contributed by atoms with van der Waals surface area (Å²) < 4.78 is 42.0. The fourth-order valence-corrected chi connectivity index (χ4v) is 2.89. The zero-order chi connectivity index (χ0) is 18.7. The van der Waals surface area contributed by atoms with Crippen LogP contribution in [0.5, 0.6) is 0 Å². The number of nitrogens with zero attached hydrogens (tertiary/aromatic N) is 4. The first kappa shape index (κ1) is 17.9. The van der Waals surface area contributed by atoms with Crippen LogP contribution in [0.25, 0.3) is 0 Å². The first-order valence-electron chi connectivity index (χ1n) is 7.81. The molecule has 0 saturated carbocycles. The van der Waals surface area contributed by atoms with Gasteiger partial charge in [0.25, 0.3) is 0 Å². The molecule has 134 valence electrons. The van der Waals surface area contributed by atoms with Gasteiger partial charge < -0.3 is 5.11 Å². The van der Waals surface area contributed by atoms with Crippen molar-refractivity contribution in [2.75, 3.05) is 0 Å². The van der Waals surface area contributed by atoms with E-state index in [2.05, 4.69) is 20.2 Å². The van der Waals surface area contributed by atoms with Crippen LogP contribution in [0.3, 0.4) is 0 Å². The van der Waals surface area contributed by atoms with Gasteiger partial charge in [0, 0.05) is 30.2 Å². The van der Waals surface area contributed by atoms with Gasteiger partial charge in [-0.05, 0) is 18.2 Å². The maximum atomic E-state index is 14.5. The number of aliphatic hydroxyl groups is 1. The van der Waals surface area contributed by atoms with Crippen LogP contribution < -0.4 is 0 Å². The van der Waals surface area contributed by atoms with Crippen molar-refractivity contribution in [1.82, 2.24) is 20.2 Å². The highest BCUT2D eigenvalue weighted by molar-refractivity contribution is 5.31. The van der Waals surface area contributed by atoms with Crippen LogP contribution in [0.4, 0.5) is 13.2 Å². The van der Waals surface area contributed by atoms with Gasteiger partial charge in [0.05, 0.1) is 17.6 Å². The van der Waals surface area contributed by atoms with Crippen molar-refractivity contribution in [3.8, 4) is 0 Å². The second-order valence-corrected chi connectivity index (χ2v) is 5.92. The van der Waals surface area contributed by atoms with E-state index >= 15 is 0 Å². The topological polar surface area (TPSA) is 71.8 Å². The summed E-state index contributed by atoms with van der Waals surface area (Å²) in [6.45, 7) is 1.50. The van der Waals surface area contributed by atoms with Crippen molar-refractivity contribution in [3.63, 3.8) is 0 Å². The highest BCUT2D eigenvalue weighted by Gasteiger charge is 2.41. The van der Waals surface area contributed by atoms with E-state index in [0.29, 0.717) is 11.8 Å². The number of benzene rings is 1. The molecule has 26 heavy (non-hydrogen) atoms. The summed E-state index contributed by atoms with van der Waals surface area (Å²) in [5.41, 5.74) is -1.85. The van der Waals surface area contributed by atoms with E-state index in [0.717, 1.165) is 24.7 Å². The predicted octanol–water partition coefficient (Wildman–Crippen LogP) is 2.92. The van der Waals surface area contributed by atoms with Gasteiger partial charge in [-0.15, -0.1) is 0 Å². The first-order chi connectivity index (χ1) is 12.4. The van der Waals surface area contributed by atoms with Gasteiger partial charge >= 0.3 is 0 Å². The summed E-state index contributed by atoms with van der Waals surface area (Å²) in [4.78, 5) is 7.46. The molecular formula is C18H15F3N4O. The standard InChI is InChI=1S/C18H15F3N4O/c1-11(17-16(21)9-22-10-23-17)18(26,8-13-3-2-6-24-25-13)14-5-4-12(19)7-15(14)20/h2-7,9-11,26H,8H2,1H3/t11-,18+/m0/s1. The molecule has 0 aliphatic carbocycles. The van der Waals surface area contributed by atoms with E-state index in [9.17, 15) is 18.3 Å². The van der Waals surface area contributed by atoms with E-state index in [1.54, 1.807) is 12.1 Å². The van der Waals surface area contributed by atoms with Crippen molar-refractivity contribution in [3.05, 3.63) is 83.5 Å². The molecule has 0 saturated heterocycles. The molecule has 5 nitrogen and oxygen atoms in total. The SMILES string of the molecule is C[C@@H](c1ncncc1F)[C@](O)(Cc1cccnn1)c1ccc(F)cc1F. The average Bonchev–Trinajstić information content (AvgIpc) is 2.62. The third-order valence-corrected chi connectivity index (χ3v) is 4.30. The molecule has 1 N–H and O–H groups in total. The molecule has 8 heteroatoms. The minimum atomic E-state index is -1.94. The lowest BCUT2D eigenvalue weighted by atomic mass is 9.76. The Morgan fingerprint density at radius 2 is 1.96 bits per heavy atom. The van der Waals surface area contributed by atoms with Gasteiger partial charge in [0.1, 0.15) is 23.6 Å². The molecule has 0 aliphatic heterocycles. The van der Waals surface area contributed by atoms with E-state index in [1.165, 1.54) is 13.1 Å². The average molecular weight is 360 g/mol. The van der Waals surface area contributed by atoms with Gasteiger partial charge in [-0.1, -0.05) is 13.0 Å². The fourth-order valence-electron chi connectivity index (χ4n) is 2.89. The third-order valence-electron chi connectivity index (χ3n) is 4.30. The minimum absolute atomic E-state index is 0.0879. The summed E-state index contributed by atoms with van der Waals surface area (Å²) in [5, 5.41) is 19.0. The van der Waals surface area contributed by atoms with Crippen molar-refractivity contribution < 1.29 is 18.3 Å². The Morgan fingerprint density at radius 1 is 1.15 bits per heavy atom. The number of hydrogen-bond donors (Lipinski definition) is 1. The van der Waals surface area contributed by atoms with Gasteiger partial charge in [-0.2, -0.15) is 10.2 Å². The van der Waals surface area contributed by atoms with Crippen LogP contribution in [-0.2, 0) is 12.0 Å². The zero-order valence-electron chi connectivity index (χ0n) is 13.8. The van der Waals surface area contributed by atoms with Crippen LogP contribution in [0.1, 0.15) is 29.8 Å². The van der Waals surface area contributed by atoms with Crippen LogP contribution in [0, 0.1) is 17.5 Å². The smallest absolute Gasteiger partial charge is 0.163 e. The Hall–Kier alpha value is -2.87. The van der Waals surface area contributed by atoms with Crippen molar-refractivity contribution in [1.29, 1.82) is 0 Å². The maximum Gasteiger partial charge on any atom is 0.163 e. The Bertz CT molecular complexity index is 910. The Balaban J connectivity index is 2.13. The molecule has 0 bridgehead atoms. The third kappa shape index (κ3) is 3.41. The largest absolute Gasteiger partial charge is 0.384 e. The zero-order valence-corrected chi connectivity index (χ0v) is 13.8. The Kier molecular flexibility index (Phi) is 4.94. The lowest BCUT2D eigenvalue weighted by molar-refractivity contribution is 0.00574. The quantitative estimate of drug-likeness (QED) is 0.757. The molecule has 0 radical (unpaired) electrons. The second-order valence-electron chi connectivity index (χ2n) is 5.92. The predicted molar refractivity (Wildman–Crippen MR) is 86.4 cm³/mol. The van der Waals surface area contributed by atoms with Crippen molar-refractivity contribution >= 4 is 0 Å². The lowest BCUT2D eigenvalue weighted by Crippen LogP contribution is -2.37. The van der Waals surface area contributed by atoms with Crippen LogP contribution in [-0.4, -0.2) is 25.3 Å². The Labute approximate surface area is 147 Å². The second kappa shape index (κ2) is 7.17. The Morgan fingerprint density at radius 3 is 2.62 bits per heavy atom. The summed E-state index contributed by atoms with van der Waals surface area (Å²) in [7, 11) is 0. The molecule has 0 unspecified atom stereocenters. The molecule has 2 aromatic heterocycles. The van der Waals surface area contributed by atoms with Crippen LogP contribution in [0.15, 0.2) is 49.1 Å². The van der Waals surface area contributed by atoms with E-state index < -0.39 is 29.0 Å². The highest BCUT2D eigenvalue weighted by atomic mass is 19.1. The summed E-state index contributed by atoms with van der Waals surface area (Å²) in [6, 6.07) is 6.04. The van der Waals surface area contributed by atoms with Gasteiger partial charge in [0.2, 0.25) is 0 Å². The molecule has 0 fully saturated rings. The van der Waals surface area contributed by atoms with Crippen LogP contribution >= 0.6 is 0 Å². The normalized spacial score (nSPS) is 14.7. The molecule has 1 aromatic carbocycles. The molecule has 0 spiro atoms. The van der Waals surface area contributed by atoms with Crippen molar-refractivity contribution in [2.24, 2.45) is 0 Å². The van der Waals surface area contributed by atoms with Gasteiger partial charge in [-0.25, -0.2) is 23.1 Å². The number of hydrogen-bond acceptors (Lipinski definition) is 5. The lowest BCUT2D eigenvalue weighted by Gasteiger charge is -2.34. The molecule has 2 heterocycles. The highest BCUT2D eigenvalue weighted by Crippen LogP contribution is 2.40. The molecule has 3 rings (SSSR count). The molecule has 0 amide bonds. The summed E-state index contributed by atoms with van der Waals surface area (Å²) in [5.74, 6) is -3.45. The number of halogens is 3. The van der Waals surface area contributed by atoms with Gasteiger partial charge in [-0.3, -0.25) is 0 Å². The van der Waals surface area contributed by atoms with E-state index in [-0.39, 0.29) is 17.7 Å². The maximum absolute atomic E-state index is 14.5. The number of rotatable bonds is 5. The van der Waals surface area contributed by atoms with E-state index in [1.807, 2.05) is 0 Å². The summed E-state index contributed by atoms with van der Waals surface area (Å²) in [6.07, 6.45) is 3.38. The molecule has 3 aromatic rings. The van der Waals surface area contributed by atoms with Crippen LogP contribution in [0.2, 0.25) is 0 Å². The molecule has 2 atom stereocenters. The first-order valence-corrected chi connectivity index (χ1v) is 7.81. The fraction of sp³-hybridized carbons (Fsp3) is 0.222. The molecular weight excluding hydrogens is 345 g/mol. The summed E-state index contributed by atoms with van der Waals surface area (Å²) >= 11 is 0. The van der Waals surface area contributed by atoms with Gasteiger partial charge in [0.15, 0.2) is 5.82 Å². The van der Waals surface area contributed by atoms with Crippen molar-refractivity contribution in [2.45, 2.75) is 24.9 Å². The molecule has 0 aliphatic rings. The minimum Gasteiger partial charge on any atom is -0.384 e. The number of aromatic nitrogens is 4. The van der Waals surface area contributed by atoms with E-state index in [4.69, 9.17) is 0 Å². The monoisotopic (exact) mass is 360 g/mol.